The third-order valence-corrected chi connectivity index (χ3v) is 8.07. The molecule has 0 saturated carbocycles. The molecule has 1 aromatic heterocycles. The van der Waals surface area contributed by atoms with Crippen molar-refractivity contribution >= 4 is 28.9 Å². The number of nitrogens with zero attached hydrogens (tertiary/aromatic N) is 5. The Hall–Kier alpha value is -4.46. The summed E-state index contributed by atoms with van der Waals surface area (Å²) >= 11 is 1.20. The van der Waals surface area contributed by atoms with Gasteiger partial charge in [0, 0.05) is 12.1 Å². The summed E-state index contributed by atoms with van der Waals surface area (Å²) in [7, 11) is 0. The second-order valence-electron chi connectivity index (χ2n) is 10.7. The average molecular weight is 643 g/mol. The number of amides is 3. The second kappa shape index (κ2) is 13.7. The number of allylic oxidation sites excluding steroid dienone is 2. The number of benzene rings is 2. The number of halogens is 4. The van der Waals surface area contributed by atoms with E-state index in [0.717, 1.165) is 16.7 Å². The van der Waals surface area contributed by atoms with E-state index in [9.17, 15) is 27.2 Å². The monoisotopic (exact) mass is 642 g/mol. The van der Waals surface area contributed by atoms with Crippen LogP contribution in [0.5, 0.6) is 5.75 Å². The summed E-state index contributed by atoms with van der Waals surface area (Å²) in [4.78, 5) is 35.3. The fourth-order valence-corrected chi connectivity index (χ4v) is 5.95. The maximum atomic E-state index is 13.9. The number of ether oxygens (including phenoxy) is 1. The predicted molar refractivity (Wildman–Crippen MR) is 162 cm³/mol. The Morgan fingerprint density at radius 1 is 1.20 bits per heavy atom. The zero-order chi connectivity index (χ0) is 32.1. The van der Waals surface area contributed by atoms with Crippen LogP contribution in [0.2, 0.25) is 0 Å². The lowest BCUT2D eigenvalue weighted by atomic mass is 9.89. The molecule has 0 bridgehead atoms. The normalized spacial score (nSPS) is 17.9. The Balaban J connectivity index is 1.15. The standard InChI is InChI=1S/C31H30F4N6O3S/c1-19(2)25-16-22(32)8-13-26(25)41-27(42)17-45-30(41)38-29(43)36-14-4-6-20-5-3-7-21(15-20)28-37-18-40(39-28)23-9-11-24(12-10-23)44-31(33,34)35/h3,5,7-12,15-16,18-19,26H,4,6,13-14,17H2,1-2H3,(H,36,43). The van der Waals surface area contributed by atoms with Crippen molar-refractivity contribution in [2.45, 2.75) is 45.5 Å². The molecule has 1 unspecified atom stereocenters. The molecule has 236 valence electrons. The molecular formula is C31H30F4N6O3S. The van der Waals surface area contributed by atoms with Gasteiger partial charge in [0.15, 0.2) is 11.0 Å². The highest BCUT2D eigenvalue weighted by molar-refractivity contribution is 8.15. The zero-order valence-electron chi connectivity index (χ0n) is 24.4. The van der Waals surface area contributed by atoms with E-state index in [2.05, 4.69) is 25.1 Å². The van der Waals surface area contributed by atoms with Crippen molar-refractivity contribution < 1.29 is 31.9 Å². The maximum Gasteiger partial charge on any atom is 0.573 e. The smallest absolute Gasteiger partial charge is 0.406 e. The first-order valence-electron chi connectivity index (χ1n) is 14.2. The van der Waals surface area contributed by atoms with Crippen LogP contribution in [0.1, 0.15) is 32.3 Å². The van der Waals surface area contributed by atoms with E-state index in [1.165, 1.54) is 64.1 Å². The van der Waals surface area contributed by atoms with Crippen LogP contribution >= 0.6 is 11.8 Å². The number of amidine groups is 1. The predicted octanol–water partition coefficient (Wildman–Crippen LogP) is 6.61. The third kappa shape index (κ3) is 8.18. The number of hydrogen-bond acceptors (Lipinski definition) is 6. The van der Waals surface area contributed by atoms with Gasteiger partial charge in [0.05, 0.1) is 17.5 Å². The molecule has 2 aliphatic rings. The molecule has 0 radical (unpaired) electrons. The summed E-state index contributed by atoms with van der Waals surface area (Å²) in [5.74, 6) is -0.176. The molecular weight excluding hydrogens is 612 g/mol. The van der Waals surface area contributed by atoms with Crippen molar-refractivity contribution in [3.05, 3.63) is 84.0 Å². The van der Waals surface area contributed by atoms with E-state index in [1.54, 1.807) is 0 Å². The zero-order valence-corrected chi connectivity index (χ0v) is 25.2. The van der Waals surface area contributed by atoms with E-state index in [4.69, 9.17) is 0 Å². The summed E-state index contributed by atoms with van der Waals surface area (Å²) in [5, 5.41) is 7.54. The number of urea groups is 1. The van der Waals surface area contributed by atoms with Crippen LogP contribution in [0.4, 0.5) is 22.4 Å². The number of carbonyl (C=O) groups is 2. The fraction of sp³-hybridized carbons (Fsp3) is 0.323. The maximum absolute atomic E-state index is 13.9. The number of rotatable bonds is 9. The van der Waals surface area contributed by atoms with Gasteiger partial charge in [0.1, 0.15) is 17.9 Å². The largest absolute Gasteiger partial charge is 0.573 e. The Labute approximate surface area is 261 Å². The molecule has 45 heavy (non-hydrogen) atoms. The van der Waals surface area contributed by atoms with E-state index in [0.29, 0.717) is 42.5 Å². The second-order valence-corrected chi connectivity index (χ2v) is 11.6. The molecule has 5 rings (SSSR count). The fourth-order valence-electron chi connectivity index (χ4n) is 5.05. The first-order valence-corrected chi connectivity index (χ1v) is 15.2. The SMILES string of the molecule is CC(C)C1=CC(F)=CCC1N1C(=O)CSC1=NC(=O)NCCCc1cccc(-c2ncn(-c3ccc(OC(F)(F)F)cc3)n2)c1. The summed E-state index contributed by atoms with van der Waals surface area (Å²) in [6.45, 7) is 4.24. The molecule has 1 saturated heterocycles. The highest BCUT2D eigenvalue weighted by atomic mass is 32.2. The number of aryl methyl sites for hydroxylation is 1. The number of alkyl halides is 3. The van der Waals surface area contributed by atoms with E-state index < -0.39 is 12.4 Å². The van der Waals surface area contributed by atoms with Crippen LogP contribution < -0.4 is 10.1 Å². The van der Waals surface area contributed by atoms with Crippen molar-refractivity contribution in [1.82, 2.24) is 25.0 Å². The number of carbonyl (C=O) groups excluding carboxylic acids is 2. The Morgan fingerprint density at radius 2 is 1.98 bits per heavy atom. The quantitative estimate of drug-likeness (QED) is 0.208. The van der Waals surface area contributed by atoms with E-state index in [1.807, 2.05) is 38.1 Å². The molecule has 1 atom stereocenters. The topological polar surface area (TPSA) is 102 Å². The molecule has 1 fully saturated rings. The summed E-state index contributed by atoms with van der Waals surface area (Å²) in [6.07, 6.45) is 1.20. The van der Waals surface area contributed by atoms with Crippen molar-refractivity contribution in [2.75, 3.05) is 12.3 Å². The van der Waals surface area contributed by atoms with Gasteiger partial charge in [-0.3, -0.25) is 9.69 Å². The molecule has 2 heterocycles. The van der Waals surface area contributed by atoms with E-state index >= 15 is 0 Å². The van der Waals surface area contributed by atoms with Crippen LogP contribution in [0.3, 0.4) is 0 Å². The Morgan fingerprint density at radius 3 is 2.71 bits per heavy atom. The number of thioether (sulfide) groups is 1. The number of hydrogen-bond donors (Lipinski definition) is 1. The van der Waals surface area contributed by atoms with Crippen molar-refractivity contribution in [3.63, 3.8) is 0 Å². The van der Waals surface area contributed by atoms with Gasteiger partial charge in [-0.25, -0.2) is 18.9 Å². The number of aromatic nitrogens is 3. The van der Waals surface area contributed by atoms with Gasteiger partial charge >= 0.3 is 12.4 Å². The van der Waals surface area contributed by atoms with Gasteiger partial charge in [-0.1, -0.05) is 43.8 Å². The highest BCUT2D eigenvalue weighted by Gasteiger charge is 2.38. The van der Waals surface area contributed by atoms with E-state index in [-0.39, 0.29) is 35.2 Å². The van der Waals surface area contributed by atoms with Crippen LogP contribution in [0, 0.1) is 5.92 Å². The van der Waals surface area contributed by atoms with Crippen LogP contribution in [-0.4, -0.2) is 61.5 Å². The third-order valence-electron chi connectivity index (χ3n) is 7.13. The first-order chi connectivity index (χ1) is 21.5. The average Bonchev–Trinajstić information content (AvgIpc) is 3.62. The lowest BCUT2D eigenvalue weighted by Crippen LogP contribution is -2.43. The van der Waals surface area contributed by atoms with Gasteiger partial charge in [-0.05, 0) is 78.8 Å². The Bertz CT molecular complexity index is 1650. The summed E-state index contributed by atoms with van der Waals surface area (Å²) in [6, 6.07) is 12.0. The lowest BCUT2D eigenvalue weighted by molar-refractivity contribution is -0.274. The van der Waals surface area contributed by atoms with Crippen LogP contribution in [-0.2, 0) is 11.2 Å². The summed E-state index contributed by atoms with van der Waals surface area (Å²) < 4.78 is 56.5. The molecule has 1 N–H and O–H groups in total. The minimum atomic E-state index is -4.77. The molecule has 2 aromatic carbocycles. The first kappa shape index (κ1) is 31.9. The minimum absolute atomic E-state index is 0.0235. The van der Waals surface area contributed by atoms with Crippen molar-refractivity contribution in [2.24, 2.45) is 10.9 Å². The lowest BCUT2D eigenvalue weighted by Gasteiger charge is -2.32. The molecule has 1 aliphatic carbocycles. The number of nitrogens with one attached hydrogen (secondary N) is 1. The highest BCUT2D eigenvalue weighted by Crippen LogP contribution is 2.34. The molecule has 0 spiro atoms. The molecule has 9 nitrogen and oxygen atoms in total. The van der Waals surface area contributed by atoms with Crippen LogP contribution in [0.25, 0.3) is 17.1 Å². The van der Waals surface area contributed by atoms with Crippen molar-refractivity contribution in [1.29, 1.82) is 0 Å². The van der Waals surface area contributed by atoms with Gasteiger partial charge in [-0.2, -0.15) is 4.99 Å². The van der Waals surface area contributed by atoms with Gasteiger partial charge in [-0.15, -0.1) is 18.3 Å². The summed E-state index contributed by atoms with van der Waals surface area (Å²) in [5.41, 5.74) is 3.06. The molecule has 14 heteroatoms. The van der Waals surface area contributed by atoms with Gasteiger partial charge < -0.3 is 10.1 Å². The molecule has 3 amide bonds. The number of aliphatic imine (C=N–C) groups is 1. The molecule has 3 aromatic rings. The van der Waals surface area contributed by atoms with Crippen LogP contribution in [0.15, 0.2) is 83.4 Å². The van der Waals surface area contributed by atoms with Crippen molar-refractivity contribution in [3.8, 4) is 22.8 Å². The van der Waals surface area contributed by atoms with Gasteiger partial charge in [0.2, 0.25) is 5.91 Å². The van der Waals surface area contributed by atoms with Gasteiger partial charge in [0.25, 0.3) is 0 Å². The Kier molecular flexibility index (Phi) is 9.71. The molecule has 1 aliphatic heterocycles. The minimum Gasteiger partial charge on any atom is -0.406 e.